The maximum absolute atomic E-state index is 5.64. The van der Waals surface area contributed by atoms with Crippen LogP contribution in [0, 0.1) is 5.92 Å². The van der Waals surface area contributed by atoms with Crippen molar-refractivity contribution in [1.29, 1.82) is 0 Å². The molecular weight excluding hydrogens is 162 g/mol. The zero-order valence-electron chi connectivity index (χ0n) is 9.18. The molecule has 0 radical (unpaired) electrons. The molecule has 0 amide bonds. The maximum Gasteiger partial charge on any atom is 0.0590 e. The fraction of sp³-hybridized carbons (Fsp3) is 1.00. The Labute approximate surface area is 82.0 Å². The van der Waals surface area contributed by atoms with E-state index in [1.165, 1.54) is 19.3 Å². The number of nitrogens with one attached hydrogen (secondary N) is 1. The number of ether oxygens (including phenoxy) is 1. The second kappa shape index (κ2) is 5.61. The van der Waals surface area contributed by atoms with Gasteiger partial charge in [0.2, 0.25) is 0 Å². The van der Waals surface area contributed by atoms with Crippen LogP contribution in [0.1, 0.15) is 40.0 Å². The molecule has 0 saturated carbocycles. The van der Waals surface area contributed by atoms with E-state index in [9.17, 15) is 0 Å². The van der Waals surface area contributed by atoms with Gasteiger partial charge >= 0.3 is 0 Å². The van der Waals surface area contributed by atoms with E-state index in [0.29, 0.717) is 18.1 Å². The molecule has 1 fully saturated rings. The van der Waals surface area contributed by atoms with Gasteiger partial charge in [-0.2, -0.15) is 0 Å². The van der Waals surface area contributed by atoms with Crippen LogP contribution >= 0.6 is 0 Å². The topological polar surface area (TPSA) is 21.3 Å². The third kappa shape index (κ3) is 3.65. The lowest BCUT2D eigenvalue weighted by Gasteiger charge is -2.24. The van der Waals surface area contributed by atoms with Gasteiger partial charge in [0.25, 0.3) is 0 Å². The van der Waals surface area contributed by atoms with Gasteiger partial charge in [-0.3, -0.25) is 0 Å². The highest BCUT2D eigenvalue weighted by atomic mass is 16.5. The summed E-state index contributed by atoms with van der Waals surface area (Å²) in [5.74, 6) is 0.712. The Balaban J connectivity index is 2.27. The second-order valence-corrected chi connectivity index (χ2v) is 4.28. The molecule has 13 heavy (non-hydrogen) atoms. The summed E-state index contributed by atoms with van der Waals surface area (Å²) in [6.45, 7) is 8.77. The Morgan fingerprint density at radius 2 is 2.23 bits per heavy atom. The van der Waals surface area contributed by atoms with Crippen LogP contribution in [0.2, 0.25) is 0 Å². The SMILES string of the molecule is CCNC(CC1CCCO1)C(C)C. The third-order valence-electron chi connectivity index (χ3n) is 2.81. The molecule has 2 unspecified atom stereocenters. The Morgan fingerprint density at radius 3 is 2.69 bits per heavy atom. The average molecular weight is 185 g/mol. The van der Waals surface area contributed by atoms with Crippen LogP contribution in [0.5, 0.6) is 0 Å². The summed E-state index contributed by atoms with van der Waals surface area (Å²) in [4.78, 5) is 0. The lowest BCUT2D eigenvalue weighted by atomic mass is 9.97. The normalized spacial score (nSPS) is 25.4. The minimum absolute atomic E-state index is 0.520. The highest BCUT2D eigenvalue weighted by molar-refractivity contribution is 4.76. The predicted molar refractivity (Wildman–Crippen MR) is 55.9 cm³/mol. The fourth-order valence-corrected chi connectivity index (χ4v) is 1.97. The van der Waals surface area contributed by atoms with Crippen molar-refractivity contribution in [1.82, 2.24) is 5.32 Å². The summed E-state index contributed by atoms with van der Waals surface area (Å²) in [6, 6.07) is 0.632. The number of rotatable bonds is 5. The van der Waals surface area contributed by atoms with Crippen LogP contribution in [0.3, 0.4) is 0 Å². The van der Waals surface area contributed by atoms with Gasteiger partial charge in [0, 0.05) is 12.6 Å². The van der Waals surface area contributed by atoms with E-state index in [0.717, 1.165) is 13.2 Å². The van der Waals surface area contributed by atoms with Crippen molar-refractivity contribution in [3.63, 3.8) is 0 Å². The minimum atomic E-state index is 0.520. The molecule has 1 heterocycles. The highest BCUT2D eigenvalue weighted by Gasteiger charge is 2.21. The Bertz CT molecular complexity index is 130. The molecule has 1 aliphatic rings. The number of hydrogen-bond donors (Lipinski definition) is 1. The summed E-state index contributed by atoms with van der Waals surface area (Å²) < 4.78 is 5.64. The van der Waals surface area contributed by atoms with Gasteiger partial charge in [0.1, 0.15) is 0 Å². The molecule has 2 nitrogen and oxygen atoms in total. The van der Waals surface area contributed by atoms with Crippen molar-refractivity contribution >= 4 is 0 Å². The first kappa shape index (κ1) is 11.0. The summed E-state index contributed by atoms with van der Waals surface area (Å²) in [7, 11) is 0. The van der Waals surface area contributed by atoms with E-state index in [1.54, 1.807) is 0 Å². The largest absolute Gasteiger partial charge is 0.378 e. The monoisotopic (exact) mass is 185 g/mol. The lowest BCUT2D eigenvalue weighted by Crippen LogP contribution is -2.36. The molecule has 1 aliphatic heterocycles. The zero-order chi connectivity index (χ0) is 9.68. The molecule has 78 valence electrons. The van der Waals surface area contributed by atoms with Crippen LogP contribution in [-0.4, -0.2) is 25.3 Å². The first-order chi connectivity index (χ1) is 6.24. The van der Waals surface area contributed by atoms with Crippen molar-refractivity contribution in [2.75, 3.05) is 13.2 Å². The van der Waals surface area contributed by atoms with Crippen molar-refractivity contribution in [3.8, 4) is 0 Å². The van der Waals surface area contributed by atoms with Crippen LogP contribution < -0.4 is 5.32 Å². The Hall–Kier alpha value is -0.0800. The lowest BCUT2D eigenvalue weighted by molar-refractivity contribution is 0.0893. The molecule has 0 aliphatic carbocycles. The van der Waals surface area contributed by atoms with E-state index in [2.05, 4.69) is 26.1 Å². The summed E-state index contributed by atoms with van der Waals surface area (Å²) in [5, 5.41) is 3.53. The number of hydrogen-bond acceptors (Lipinski definition) is 2. The van der Waals surface area contributed by atoms with E-state index in [4.69, 9.17) is 4.74 Å². The van der Waals surface area contributed by atoms with Crippen LogP contribution in [0.25, 0.3) is 0 Å². The summed E-state index contributed by atoms with van der Waals surface area (Å²) in [5.41, 5.74) is 0. The second-order valence-electron chi connectivity index (χ2n) is 4.28. The highest BCUT2D eigenvalue weighted by Crippen LogP contribution is 2.19. The molecule has 1 saturated heterocycles. The van der Waals surface area contributed by atoms with Gasteiger partial charge in [-0.1, -0.05) is 20.8 Å². The average Bonchev–Trinajstić information content (AvgIpc) is 2.56. The molecular formula is C11H23NO. The van der Waals surface area contributed by atoms with E-state index in [-0.39, 0.29) is 0 Å². The van der Waals surface area contributed by atoms with Crippen molar-refractivity contribution < 1.29 is 4.74 Å². The van der Waals surface area contributed by atoms with Gasteiger partial charge < -0.3 is 10.1 Å². The molecule has 2 heteroatoms. The molecule has 0 aromatic carbocycles. The first-order valence-corrected chi connectivity index (χ1v) is 5.59. The summed E-state index contributed by atoms with van der Waals surface area (Å²) in [6.07, 6.45) is 4.22. The third-order valence-corrected chi connectivity index (χ3v) is 2.81. The van der Waals surface area contributed by atoms with E-state index >= 15 is 0 Å². The van der Waals surface area contributed by atoms with Crippen LogP contribution in [0.15, 0.2) is 0 Å². The molecule has 0 aromatic rings. The Morgan fingerprint density at radius 1 is 1.46 bits per heavy atom. The predicted octanol–water partition coefficient (Wildman–Crippen LogP) is 2.19. The molecule has 1 rings (SSSR count). The van der Waals surface area contributed by atoms with Gasteiger partial charge in [0.05, 0.1) is 6.10 Å². The molecule has 0 bridgehead atoms. The quantitative estimate of drug-likeness (QED) is 0.709. The smallest absolute Gasteiger partial charge is 0.0590 e. The van der Waals surface area contributed by atoms with Gasteiger partial charge in [-0.25, -0.2) is 0 Å². The zero-order valence-corrected chi connectivity index (χ0v) is 9.18. The van der Waals surface area contributed by atoms with Crippen LogP contribution in [-0.2, 0) is 4.74 Å². The molecule has 1 N–H and O–H groups in total. The van der Waals surface area contributed by atoms with Crippen molar-refractivity contribution in [2.24, 2.45) is 5.92 Å². The standard InChI is InChI=1S/C11H23NO/c1-4-12-11(9(2)3)8-10-6-5-7-13-10/h9-12H,4-8H2,1-3H3. The Kier molecular flexibility index (Phi) is 4.74. The van der Waals surface area contributed by atoms with Gasteiger partial charge in [0.15, 0.2) is 0 Å². The molecule has 2 atom stereocenters. The van der Waals surface area contributed by atoms with E-state index < -0.39 is 0 Å². The minimum Gasteiger partial charge on any atom is -0.378 e. The fourth-order valence-electron chi connectivity index (χ4n) is 1.97. The first-order valence-electron chi connectivity index (χ1n) is 5.59. The maximum atomic E-state index is 5.64. The van der Waals surface area contributed by atoms with Gasteiger partial charge in [-0.05, 0) is 31.7 Å². The van der Waals surface area contributed by atoms with Crippen molar-refractivity contribution in [3.05, 3.63) is 0 Å². The molecule has 0 aromatic heterocycles. The van der Waals surface area contributed by atoms with Crippen LogP contribution in [0.4, 0.5) is 0 Å². The van der Waals surface area contributed by atoms with Gasteiger partial charge in [-0.15, -0.1) is 0 Å². The van der Waals surface area contributed by atoms with E-state index in [1.807, 2.05) is 0 Å². The molecule has 0 spiro atoms. The summed E-state index contributed by atoms with van der Waals surface area (Å²) >= 11 is 0. The van der Waals surface area contributed by atoms with Crippen molar-refractivity contribution in [2.45, 2.75) is 52.2 Å².